The van der Waals surface area contributed by atoms with E-state index in [4.69, 9.17) is 9.47 Å². The maximum absolute atomic E-state index is 13.2. The lowest BCUT2D eigenvalue weighted by molar-refractivity contribution is -0.166. The number of nitrogens with one attached hydrogen (secondary N) is 1. The number of rotatable bonds is 9. The summed E-state index contributed by atoms with van der Waals surface area (Å²) in [4.78, 5) is 13.2. The number of ether oxygens (including phenoxy) is 2. The lowest BCUT2D eigenvalue weighted by Crippen LogP contribution is -2.39. The molecule has 36 heavy (non-hydrogen) atoms. The van der Waals surface area contributed by atoms with Gasteiger partial charge in [0.05, 0.1) is 0 Å². The summed E-state index contributed by atoms with van der Waals surface area (Å²) in [6.07, 6.45) is 3.68. The van der Waals surface area contributed by atoms with Crippen LogP contribution in [0.1, 0.15) is 47.9 Å². The van der Waals surface area contributed by atoms with Gasteiger partial charge in [-0.1, -0.05) is 72.8 Å². The standard InChI is InChI=1S/C31H33NO4/c1-2-35-31-27(13-8-16-33)28(19-29(36-31)30(34)32-20-21-9-4-3-5-10-21)23-14-15-26-24(18-23)17-22-11-6-7-12-25(22)26/h3-7,9-12,14-15,18-19,27-28,31,33H,2,8,13,16-17,20H2,1H3,(H,32,34)/t27-,28+,31+/m1/s1. The Labute approximate surface area is 212 Å². The molecular formula is C31H33NO4. The number of hydrogen-bond donors (Lipinski definition) is 2. The van der Waals surface area contributed by atoms with E-state index in [1.54, 1.807) is 0 Å². The number of hydrogen-bond acceptors (Lipinski definition) is 4. The molecule has 1 aliphatic heterocycles. The Kier molecular flexibility index (Phi) is 7.49. The molecule has 0 radical (unpaired) electrons. The second-order valence-corrected chi connectivity index (χ2v) is 9.45. The number of allylic oxidation sites excluding steroid dienone is 1. The minimum Gasteiger partial charge on any atom is -0.459 e. The van der Waals surface area contributed by atoms with Crippen LogP contribution in [0.25, 0.3) is 11.1 Å². The lowest BCUT2D eigenvalue weighted by Gasteiger charge is -2.37. The Morgan fingerprint density at radius 1 is 1.03 bits per heavy atom. The highest BCUT2D eigenvalue weighted by Crippen LogP contribution is 2.43. The van der Waals surface area contributed by atoms with Gasteiger partial charge >= 0.3 is 0 Å². The third-order valence-corrected chi connectivity index (χ3v) is 7.13. The van der Waals surface area contributed by atoms with Crippen molar-refractivity contribution in [3.8, 4) is 11.1 Å². The first-order chi connectivity index (χ1) is 17.7. The van der Waals surface area contributed by atoms with E-state index in [1.807, 2.05) is 43.3 Å². The SMILES string of the molecule is CCO[C@H]1OC(C(=O)NCc2ccccc2)=C[C@@H](c2ccc3c(c2)Cc2ccccc2-3)[C@H]1CCCO. The van der Waals surface area contributed by atoms with Gasteiger partial charge in [-0.25, -0.2) is 0 Å². The molecule has 2 aliphatic rings. The molecule has 0 spiro atoms. The summed E-state index contributed by atoms with van der Waals surface area (Å²) in [7, 11) is 0. The summed E-state index contributed by atoms with van der Waals surface area (Å²) in [5.74, 6) is -0.0286. The molecule has 3 aromatic carbocycles. The molecule has 0 aromatic heterocycles. The fourth-order valence-electron chi connectivity index (χ4n) is 5.38. The topological polar surface area (TPSA) is 67.8 Å². The molecular weight excluding hydrogens is 450 g/mol. The third kappa shape index (κ3) is 5.08. The molecule has 2 N–H and O–H groups in total. The van der Waals surface area contributed by atoms with Crippen LogP contribution in [0.15, 0.2) is 84.6 Å². The first kappa shape index (κ1) is 24.3. The van der Waals surface area contributed by atoms with E-state index in [1.165, 1.54) is 22.3 Å². The average molecular weight is 484 g/mol. The Morgan fingerprint density at radius 2 is 1.81 bits per heavy atom. The Balaban J connectivity index is 1.45. The first-order valence-corrected chi connectivity index (χ1v) is 12.8. The van der Waals surface area contributed by atoms with Crippen molar-refractivity contribution in [3.05, 3.63) is 107 Å². The Hall–Kier alpha value is -3.41. The normalized spacial score (nSPS) is 20.2. The van der Waals surface area contributed by atoms with Gasteiger partial charge in [0.2, 0.25) is 6.29 Å². The number of aliphatic hydroxyl groups is 1. The van der Waals surface area contributed by atoms with Crippen LogP contribution in [-0.2, 0) is 27.2 Å². The monoisotopic (exact) mass is 483 g/mol. The van der Waals surface area contributed by atoms with Gasteiger partial charge in [0.1, 0.15) is 0 Å². The first-order valence-electron chi connectivity index (χ1n) is 12.8. The van der Waals surface area contributed by atoms with Gasteiger partial charge in [-0.2, -0.15) is 0 Å². The molecule has 1 heterocycles. The molecule has 0 fully saturated rings. The van der Waals surface area contributed by atoms with E-state index >= 15 is 0 Å². The molecule has 0 saturated heterocycles. The predicted molar refractivity (Wildman–Crippen MR) is 140 cm³/mol. The number of aliphatic hydroxyl groups excluding tert-OH is 1. The van der Waals surface area contributed by atoms with Crippen molar-refractivity contribution < 1.29 is 19.4 Å². The summed E-state index contributed by atoms with van der Waals surface area (Å²) in [5.41, 5.74) is 7.39. The molecule has 0 saturated carbocycles. The summed E-state index contributed by atoms with van der Waals surface area (Å²) < 4.78 is 12.1. The van der Waals surface area contributed by atoms with Crippen LogP contribution in [0, 0.1) is 5.92 Å². The maximum atomic E-state index is 13.2. The van der Waals surface area contributed by atoms with E-state index in [9.17, 15) is 9.90 Å². The minimum atomic E-state index is -0.556. The van der Waals surface area contributed by atoms with Crippen LogP contribution in [0.4, 0.5) is 0 Å². The lowest BCUT2D eigenvalue weighted by atomic mass is 9.80. The highest BCUT2D eigenvalue weighted by atomic mass is 16.7. The largest absolute Gasteiger partial charge is 0.459 e. The third-order valence-electron chi connectivity index (χ3n) is 7.13. The van der Waals surface area contributed by atoms with Crippen LogP contribution in [-0.4, -0.2) is 30.5 Å². The molecule has 5 heteroatoms. The molecule has 5 rings (SSSR count). The Bertz CT molecular complexity index is 1240. The van der Waals surface area contributed by atoms with Crippen molar-refractivity contribution in [2.24, 2.45) is 5.92 Å². The molecule has 3 aromatic rings. The molecule has 186 valence electrons. The van der Waals surface area contributed by atoms with E-state index in [0.29, 0.717) is 25.3 Å². The van der Waals surface area contributed by atoms with Crippen molar-refractivity contribution in [2.45, 2.75) is 44.9 Å². The second kappa shape index (κ2) is 11.1. The highest BCUT2D eigenvalue weighted by Gasteiger charge is 2.38. The number of benzene rings is 3. The predicted octanol–water partition coefficient (Wildman–Crippen LogP) is 5.32. The van der Waals surface area contributed by atoms with Gasteiger partial charge < -0.3 is 19.9 Å². The molecule has 5 nitrogen and oxygen atoms in total. The van der Waals surface area contributed by atoms with Crippen molar-refractivity contribution in [1.82, 2.24) is 5.32 Å². The number of carbonyl (C=O) groups excluding carboxylic acids is 1. The van der Waals surface area contributed by atoms with Crippen LogP contribution in [0.3, 0.4) is 0 Å². The van der Waals surface area contributed by atoms with Crippen LogP contribution in [0.2, 0.25) is 0 Å². The highest BCUT2D eigenvalue weighted by molar-refractivity contribution is 5.91. The van der Waals surface area contributed by atoms with E-state index < -0.39 is 6.29 Å². The number of carbonyl (C=O) groups is 1. The zero-order chi connectivity index (χ0) is 24.9. The van der Waals surface area contributed by atoms with E-state index in [2.05, 4.69) is 47.8 Å². The van der Waals surface area contributed by atoms with Crippen molar-refractivity contribution in [1.29, 1.82) is 0 Å². The second-order valence-electron chi connectivity index (χ2n) is 9.45. The molecule has 1 amide bonds. The summed E-state index contributed by atoms with van der Waals surface area (Å²) in [5, 5.41) is 12.5. The summed E-state index contributed by atoms with van der Waals surface area (Å²) in [6, 6.07) is 25.0. The van der Waals surface area contributed by atoms with Crippen molar-refractivity contribution >= 4 is 5.91 Å². The molecule has 0 bridgehead atoms. The molecule has 1 aliphatic carbocycles. The quantitative estimate of drug-likeness (QED) is 0.338. The van der Waals surface area contributed by atoms with E-state index in [-0.39, 0.29) is 24.3 Å². The van der Waals surface area contributed by atoms with Gasteiger partial charge in [0, 0.05) is 31.6 Å². The van der Waals surface area contributed by atoms with Gasteiger partial charge in [0.15, 0.2) is 5.76 Å². The zero-order valence-corrected chi connectivity index (χ0v) is 20.7. The maximum Gasteiger partial charge on any atom is 0.286 e. The van der Waals surface area contributed by atoms with Crippen LogP contribution in [0.5, 0.6) is 0 Å². The van der Waals surface area contributed by atoms with Gasteiger partial charge in [0.25, 0.3) is 5.91 Å². The smallest absolute Gasteiger partial charge is 0.286 e. The minimum absolute atomic E-state index is 0.00963. The Morgan fingerprint density at radius 3 is 2.61 bits per heavy atom. The van der Waals surface area contributed by atoms with Crippen LogP contribution < -0.4 is 5.32 Å². The average Bonchev–Trinajstić information content (AvgIpc) is 3.29. The van der Waals surface area contributed by atoms with Crippen LogP contribution >= 0.6 is 0 Å². The molecule has 3 atom stereocenters. The fraction of sp³-hybridized carbons (Fsp3) is 0.323. The summed E-state index contributed by atoms with van der Waals surface area (Å²) in [6.45, 7) is 2.94. The van der Waals surface area contributed by atoms with Crippen molar-refractivity contribution in [2.75, 3.05) is 13.2 Å². The number of amides is 1. The van der Waals surface area contributed by atoms with Gasteiger partial charge in [-0.15, -0.1) is 0 Å². The van der Waals surface area contributed by atoms with Gasteiger partial charge in [-0.3, -0.25) is 4.79 Å². The van der Waals surface area contributed by atoms with E-state index in [0.717, 1.165) is 24.0 Å². The van der Waals surface area contributed by atoms with Crippen molar-refractivity contribution in [3.63, 3.8) is 0 Å². The van der Waals surface area contributed by atoms with Gasteiger partial charge in [-0.05, 0) is 65.6 Å². The number of fused-ring (bicyclic) bond motifs is 3. The zero-order valence-electron chi connectivity index (χ0n) is 20.7. The molecule has 0 unspecified atom stereocenters. The fourth-order valence-corrected chi connectivity index (χ4v) is 5.38. The summed E-state index contributed by atoms with van der Waals surface area (Å²) >= 11 is 0.